The lowest BCUT2D eigenvalue weighted by Gasteiger charge is -2.19. The first-order valence-electron chi connectivity index (χ1n) is 11.5. The molecule has 0 saturated carbocycles. The molecule has 184 valence electrons. The molecule has 0 heterocycles. The molecular formula is C28H34F2O4. The average Bonchev–Trinajstić information content (AvgIpc) is 2.73. The second-order valence-electron chi connectivity index (χ2n) is 10.6. The lowest BCUT2D eigenvalue weighted by atomic mass is 9.85. The number of Topliss-reactive ketones (excluding diaryl/α,β-unsaturated/α-hetero) is 2. The SMILES string of the molecule is CCOC(=O)C(Cc1ccc(C(=O)C(C)(C)C)cc1F)Cc1ccc(C(=O)C(C)(C)C)cc1F. The van der Waals surface area contributed by atoms with Gasteiger partial charge in [-0.1, -0.05) is 65.8 Å². The van der Waals surface area contributed by atoms with Crippen molar-refractivity contribution in [2.45, 2.75) is 61.3 Å². The second-order valence-corrected chi connectivity index (χ2v) is 10.6. The minimum absolute atomic E-state index is 0.0171. The Morgan fingerprint density at radius 3 is 1.44 bits per heavy atom. The fraction of sp³-hybridized carbons (Fsp3) is 0.464. The molecular weight excluding hydrogens is 438 g/mol. The van der Waals surface area contributed by atoms with Crippen molar-refractivity contribution in [3.05, 3.63) is 70.3 Å². The molecule has 2 aromatic rings. The summed E-state index contributed by atoms with van der Waals surface area (Å²) in [5.41, 5.74) is -0.316. The van der Waals surface area contributed by atoms with Gasteiger partial charge in [0.1, 0.15) is 11.6 Å². The Balaban J connectivity index is 2.32. The van der Waals surface area contributed by atoms with Crippen LogP contribution in [0.25, 0.3) is 0 Å². The van der Waals surface area contributed by atoms with Crippen LogP contribution >= 0.6 is 0 Å². The molecule has 0 spiro atoms. The minimum atomic E-state index is -0.836. The fourth-order valence-corrected chi connectivity index (χ4v) is 3.60. The van der Waals surface area contributed by atoms with Crippen LogP contribution in [0.3, 0.4) is 0 Å². The van der Waals surface area contributed by atoms with Crippen molar-refractivity contribution in [1.29, 1.82) is 0 Å². The number of halogens is 2. The van der Waals surface area contributed by atoms with E-state index in [0.717, 1.165) is 0 Å². The van der Waals surface area contributed by atoms with Gasteiger partial charge in [0.05, 0.1) is 12.5 Å². The van der Waals surface area contributed by atoms with Crippen LogP contribution in [0, 0.1) is 28.4 Å². The lowest BCUT2D eigenvalue weighted by molar-refractivity contribution is -0.148. The van der Waals surface area contributed by atoms with Gasteiger partial charge in [0.2, 0.25) is 0 Å². The molecule has 0 saturated heterocycles. The molecule has 0 atom stereocenters. The molecule has 0 unspecified atom stereocenters. The maximum absolute atomic E-state index is 14.9. The zero-order chi connectivity index (χ0) is 25.8. The van der Waals surface area contributed by atoms with Crippen LogP contribution in [-0.4, -0.2) is 24.1 Å². The van der Waals surface area contributed by atoms with E-state index < -0.39 is 34.4 Å². The summed E-state index contributed by atoms with van der Waals surface area (Å²) >= 11 is 0. The summed E-state index contributed by atoms with van der Waals surface area (Å²) in [6.45, 7) is 12.3. The number of ether oxygens (including phenoxy) is 1. The average molecular weight is 473 g/mol. The maximum Gasteiger partial charge on any atom is 0.309 e. The van der Waals surface area contributed by atoms with E-state index in [1.807, 2.05) is 0 Å². The van der Waals surface area contributed by atoms with Gasteiger partial charge in [-0.3, -0.25) is 14.4 Å². The summed E-state index contributed by atoms with van der Waals surface area (Å²) in [5.74, 6) is -2.98. The van der Waals surface area contributed by atoms with E-state index in [-0.39, 0.29) is 53.3 Å². The van der Waals surface area contributed by atoms with E-state index in [1.54, 1.807) is 60.6 Å². The van der Waals surface area contributed by atoms with Gasteiger partial charge in [0.25, 0.3) is 0 Å². The molecule has 0 aliphatic heterocycles. The summed E-state index contributed by atoms with van der Waals surface area (Å²) in [5, 5.41) is 0. The first-order chi connectivity index (χ1) is 15.6. The summed E-state index contributed by atoms with van der Waals surface area (Å²) < 4.78 is 34.9. The van der Waals surface area contributed by atoms with Gasteiger partial charge >= 0.3 is 5.97 Å². The number of carbonyl (C=O) groups is 3. The minimum Gasteiger partial charge on any atom is -0.466 e. The zero-order valence-corrected chi connectivity index (χ0v) is 21.1. The summed E-state index contributed by atoms with van der Waals surface area (Å²) in [4.78, 5) is 37.5. The highest BCUT2D eigenvalue weighted by molar-refractivity contribution is 6.00. The molecule has 0 radical (unpaired) electrons. The fourth-order valence-electron chi connectivity index (χ4n) is 3.60. The van der Waals surface area contributed by atoms with Crippen molar-refractivity contribution < 1.29 is 27.9 Å². The van der Waals surface area contributed by atoms with Crippen LogP contribution in [0.2, 0.25) is 0 Å². The summed E-state index contributed by atoms with van der Waals surface area (Å²) in [6.07, 6.45) is -0.0342. The number of esters is 1. The van der Waals surface area contributed by atoms with Gasteiger partial charge in [-0.25, -0.2) is 8.78 Å². The Bertz CT molecular complexity index is 997. The van der Waals surface area contributed by atoms with Crippen molar-refractivity contribution in [1.82, 2.24) is 0 Å². The van der Waals surface area contributed by atoms with Crippen molar-refractivity contribution in [2.75, 3.05) is 6.61 Å². The van der Waals surface area contributed by atoms with Crippen molar-refractivity contribution >= 4 is 17.5 Å². The zero-order valence-electron chi connectivity index (χ0n) is 21.1. The molecule has 0 N–H and O–H groups in total. The molecule has 0 bridgehead atoms. The van der Waals surface area contributed by atoms with E-state index in [2.05, 4.69) is 0 Å². The number of hydrogen-bond donors (Lipinski definition) is 0. The molecule has 0 aliphatic carbocycles. The molecule has 34 heavy (non-hydrogen) atoms. The number of hydrogen-bond acceptors (Lipinski definition) is 4. The van der Waals surface area contributed by atoms with Crippen molar-refractivity contribution in [3.63, 3.8) is 0 Å². The molecule has 0 aliphatic rings. The van der Waals surface area contributed by atoms with E-state index >= 15 is 0 Å². The highest BCUT2D eigenvalue weighted by Gasteiger charge is 2.28. The third-order valence-electron chi connectivity index (χ3n) is 5.55. The third kappa shape index (κ3) is 6.81. The normalized spacial score (nSPS) is 12.1. The van der Waals surface area contributed by atoms with Gasteiger partial charge in [0.15, 0.2) is 11.6 Å². The molecule has 6 heteroatoms. The van der Waals surface area contributed by atoms with Gasteiger partial charge in [-0.15, -0.1) is 0 Å². The number of benzene rings is 2. The van der Waals surface area contributed by atoms with Crippen molar-refractivity contribution in [3.8, 4) is 0 Å². The molecule has 0 amide bonds. The molecule has 4 nitrogen and oxygen atoms in total. The van der Waals surface area contributed by atoms with Crippen molar-refractivity contribution in [2.24, 2.45) is 16.7 Å². The van der Waals surface area contributed by atoms with Crippen LogP contribution < -0.4 is 0 Å². The van der Waals surface area contributed by atoms with Gasteiger partial charge < -0.3 is 4.74 Å². The van der Waals surface area contributed by atoms with Crippen LogP contribution in [0.15, 0.2) is 36.4 Å². The van der Waals surface area contributed by atoms with Crippen LogP contribution in [0.4, 0.5) is 8.78 Å². The standard InChI is InChI=1S/C28H34F2O4/c1-8-34-26(33)21(13-17-9-11-19(15-22(17)29)24(31)27(2,3)4)14-18-10-12-20(16-23(18)30)25(32)28(5,6)7/h9-12,15-16,21H,8,13-14H2,1-7H3. The largest absolute Gasteiger partial charge is 0.466 e. The first-order valence-corrected chi connectivity index (χ1v) is 11.5. The van der Waals surface area contributed by atoms with E-state index in [1.165, 1.54) is 24.3 Å². The smallest absolute Gasteiger partial charge is 0.309 e. The monoisotopic (exact) mass is 472 g/mol. The highest BCUT2D eigenvalue weighted by atomic mass is 19.1. The van der Waals surface area contributed by atoms with Gasteiger partial charge in [-0.05, 0) is 43.0 Å². The maximum atomic E-state index is 14.9. The van der Waals surface area contributed by atoms with Crippen LogP contribution in [0.5, 0.6) is 0 Å². The number of rotatable bonds is 8. The Kier molecular flexibility index (Phi) is 8.51. The van der Waals surface area contributed by atoms with E-state index in [9.17, 15) is 23.2 Å². The Labute approximate surface area is 200 Å². The first kappa shape index (κ1) is 27.4. The molecule has 2 aromatic carbocycles. The molecule has 2 rings (SSSR count). The lowest BCUT2D eigenvalue weighted by Crippen LogP contribution is -2.24. The summed E-state index contributed by atoms with van der Waals surface area (Å²) in [6, 6.07) is 8.42. The Morgan fingerprint density at radius 2 is 1.15 bits per heavy atom. The highest BCUT2D eigenvalue weighted by Crippen LogP contribution is 2.26. The second kappa shape index (κ2) is 10.6. The van der Waals surface area contributed by atoms with E-state index in [0.29, 0.717) is 0 Å². The van der Waals surface area contributed by atoms with Gasteiger partial charge in [0, 0.05) is 22.0 Å². The molecule has 0 fully saturated rings. The number of ketones is 2. The number of carbonyl (C=O) groups excluding carboxylic acids is 3. The predicted molar refractivity (Wildman–Crippen MR) is 128 cm³/mol. The van der Waals surface area contributed by atoms with Crippen LogP contribution in [0.1, 0.15) is 80.3 Å². The van der Waals surface area contributed by atoms with Crippen LogP contribution in [-0.2, 0) is 22.4 Å². The van der Waals surface area contributed by atoms with E-state index in [4.69, 9.17) is 4.74 Å². The summed E-state index contributed by atoms with van der Waals surface area (Å²) in [7, 11) is 0. The third-order valence-corrected chi connectivity index (χ3v) is 5.55. The topological polar surface area (TPSA) is 60.4 Å². The Morgan fingerprint density at radius 1 is 0.765 bits per heavy atom. The quantitative estimate of drug-likeness (QED) is 0.330. The predicted octanol–water partition coefficient (Wildman–Crippen LogP) is 6.39. The Hall–Kier alpha value is -2.89. The molecule has 0 aromatic heterocycles. The van der Waals surface area contributed by atoms with Gasteiger partial charge in [-0.2, -0.15) is 0 Å².